The van der Waals surface area contributed by atoms with Gasteiger partial charge in [-0.15, -0.1) is 0 Å². The number of phenols is 1. The second kappa shape index (κ2) is 7.27. The Morgan fingerprint density at radius 2 is 2.32 bits per heavy atom. The van der Waals surface area contributed by atoms with E-state index in [0.717, 1.165) is 42.6 Å². The number of benzene rings is 1. The fraction of sp³-hybridized carbons (Fsp3) is 0.600. The van der Waals surface area contributed by atoms with Crippen LogP contribution in [0.3, 0.4) is 0 Å². The van der Waals surface area contributed by atoms with Crippen LogP contribution in [0.1, 0.15) is 31.7 Å². The van der Waals surface area contributed by atoms with E-state index in [9.17, 15) is 5.11 Å². The van der Waals surface area contributed by atoms with E-state index < -0.39 is 0 Å². The highest BCUT2D eigenvalue weighted by molar-refractivity contribution is 9.10. The van der Waals surface area contributed by atoms with E-state index in [0.29, 0.717) is 11.8 Å². The maximum atomic E-state index is 9.95. The largest absolute Gasteiger partial charge is 0.508 e. The van der Waals surface area contributed by atoms with Crippen molar-refractivity contribution in [1.29, 1.82) is 0 Å². The zero-order chi connectivity index (χ0) is 13.7. The summed E-state index contributed by atoms with van der Waals surface area (Å²) in [6, 6.07) is 6.26. The Kier molecular flexibility index (Phi) is 5.67. The highest BCUT2D eigenvalue weighted by atomic mass is 79.9. The molecule has 3 nitrogen and oxygen atoms in total. The Balaban J connectivity index is 2.00. The molecule has 1 atom stereocenters. The van der Waals surface area contributed by atoms with Crippen LogP contribution in [-0.4, -0.2) is 35.7 Å². The maximum absolute atomic E-state index is 9.95. The fourth-order valence-electron chi connectivity index (χ4n) is 2.70. The van der Waals surface area contributed by atoms with Gasteiger partial charge in [0, 0.05) is 29.2 Å². The molecule has 1 aromatic rings. The van der Waals surface area contributed by atoms with Gasteiger partial charge in [-0.1, -0.05) is 22.9 Å². The molecule has 0 aromatic heterocycles. The molecule has 0 bridgehead atoms. The molecule has 0 amide bonds. The first-order chi connectivity index (χ1) is 9.19. The predicted molar refractivity (Wildman–Crippen MR) is 82.4 cm³/mol. The first kappa shape index (κ1) is 14.8. The Bertz CT molecular complexity index is 405. The van der Waals surface area contributed by atoms with Crippen molar-refractivity contribution in [2.24, 2.45) is 0 Å². The van der Waals surface area contributed by atoms with Gasteiger partial charge in [0.05, 0.1) is 0 Å². The lowest BCUT2D eigenvalue weighted by atomic mass is 10.1. The lowest BCUT2D eigenvalue weighted by Crippen LogP contribution is -2.37. The van der Waals surface area contributed by atoms with Crippen molar-refractivity contribution in [2.75, 3.05) is 19.6 Å². The van der Waals surface area contributed by atoms with Crippen molar-refractivity contribution in [2.45, 2.75) is 38.8 Å². The van der Waals surface area contributed by atoms with Crippen LogP contribution in [0.15, 0.2) is 22.7 Å². The van der Waals surface area contributed by atoms with Crippen LogP contribution in [0.4, 0.5) is 0 Å². The average Bonchev–Trinajstić information content (AvgIpc) is 2.87. The van der Waals surface area contributed by atoms with E-state index in [1.165, 1.54) is 12.8 Å². The fourth-order valence-corrected chi connectivity index (χ4v) is 3.11. The Labute approximate surface area is 124 Å². The molecule has 1 saturated heterocycles. The molecule has 0 spiro atoms. The molecule has 2 rings (SSSR count). The smallest absolute Gasteiger partial charge is 0.120 e. The maximum Gasteiger partial charge on any atom is 0.120 e. The SMILES string of the molecule is CCCN(Cc1cc(Br)ccc1O)CC1CCCN1. The number of nitrogens with one attached hydrogen (secondary N) is 1. The molecule has 1 aliphatic rings. The third-order valence-corrected chi connectivity index (χ3v) is 4.11. The van der Waals surface area contributed by atoms with Gasteiger partial charge in [0.1, 0.15) is 5.75 Å². The van der Waals surface area contributed by atoms with E-state index in [2.05, 4.69) is 33.1 Å². The van der Waals surface area contributed by atoms with Crippen LogP contribution in [-0.2, 0) is 6.54 Å². The number of phenolic OH excluding ortho intramolecular Hbond substituents is 1. The Morgan fingerprint density at radius 1 is 1.47 bits per heavy atom. The van der Waals surface area contributed by atoms with Gasteiger partial charge in [-0.05, 0) is 50.6 Å². The summed E-state index contributed by atoms with van der Waals surface area (Å²) in [7, 11) is 0. The summed E-state index contributed by atoms with van der Waals surface area (Å²) < 4.78 is 1.02. The number of hydrogen-bond acceptors (Lipinski definition) is 3. The third kappa shape index (κ3) is 4.48. The second-order valence-corrected chi connectivity index (χ2v) is 6.22. The second-order valence-electron chi connectivity index (χ2n) is 5.30. The molecule has 0 aliphatic carbocycles. The number of halogens is 1. The molecule has 0 saturated carbocycles. The summed E-state index contributed by atoms with van der Waals surface area (Å²) in [5.74, 6) is 0.392. The van der Waals surface area contributed by atoms with E-state index in [1.54, 1.807) is 6.07 Å². The van der Waals surface area contributed by atoms with Crippen LogP contribution < -0.4 is 5.32 Å². The average molecular weight is 327 g/mol. The molecule has 1 fully saturated rings. The lowest BCUT2D eigenvalue weighted by Gasteiger charge is -2.25. The van der Waals surface area contributed by atoms with Gasteiger partial charge >= 0.3 is 0 Å². The minimum atomic E-state index is 0.392. The first-order valence-corrected chi connectivity index (χ1v) is 7.91. The van der Waals surface area contributed by atoms with E-state index in [-0.39, 0.29) is 0 Å². The number of hydrogen-bond donors (Lipinski definition) is 2. The van der Waals surface area contributed by atoms with Crippen molar-refractivity contribution in [3.63, 3.8) is 0 Å². The van der Waals surface area contributed by atoms with Gasteiger partial charge in [0.15, 0.2) is 0 Å². The Morgan fingerprint density at radius 3 is 3.00 bits per heavy atom. The summed E-state index contributed by atoms with van der Waals surface area (Å²) in [4.78, 5) is 2.44. The summed E-state index contributed by atoms with van der Waals surface area (Å²) in [5, 5.41) is 13.5. The minimum Gasteiger partial charge on any atom is -0.508 e. The van der Waals surface area contributed by atoms with Crippen molar-refractivity contribution >= 4 is 15.9 Å². The summed E-state index contributed by atoms with van der Waals surface area (Å²) in [5.41, 5.74) is 1.00. The van der Waals surface area contributed by atoms with E-state index in [4.69, 9.17) is 0 Å². The monoisotopic (exact) mass is 326 g/mol. The van der Waals surface area contributed by atoms with Crippen LogP contribution in [0.2, 0.25) is 0 Å². The standard InChI is InChI=1S/C15H23BrN2O/c1-2-8-18(11-14-4-3-7-17-14)10-12-9-13(16)5-6-15(12)19/h5-6,9,14,17,19H,2-4,7-8,10-11H2,1H3. The number of nitrogens with zero attached hydrogens (tertiary/aromatic N) is 1. The van der Waals surface area contributed by atoms with Gasteiger partial charge in [-0.3, -0.25) is 4.90 Å². The topological polar surface area (TPSA) is 35.5 Å². The highest BCUT2D eigenvalue weighted by Crippen LogP contribution is 2.23. The van der Waals surface area contributed by atoms with Gasteiger partial charge in [0.25, 0.3) is 0 Å². The van der Waals surface area contributed by atoms with Crippen molar-refractivity contribution in [1.82, 2.24) is 10.2 Å². The number of aromatic hydroxyl groups is 1. The van der Waals surface area contributed by atoms with E-state index >= 15 is 0 Å². The minimum absolute atomic E-state index is 0.392. The van der Waals surface area contributed by atoms with Gasteiger partial charge in [0.2, 0.25) is 0 Å². The molecule has 2 N–H and O–H groups in total. The highest BCUT2D eigenvalue weighted by Gasteiger charge is 2.18. The molecule has 106 valence electrons. The van der Waals surface area contributed by atoms with Crippen LogP contribution >= 0.6 is 15.9 Å². The van der Waals surface area contributed by atoms with Crippen molar-refractivity contribution < 1.29 is 5.11 Å². The molecule has 19 heavy (non-hydrogen) atoms. The normalized spacial score (nSPS) is 19.2. The molecular weight excluding hydrogens is 304 g/mol. The van der Waals surface area contributed by atoms with Gasteiger partial charge in [-0.25, -0.2) is 0 Å². The van der Waals surface area contributed by atoms with Crippen LogP contribution in [0.5, 0.6) is 5.75 Å². The summed E-state index contributed by atoms with van der Waals surface area (Å²) in [6.07, 6.45) is 3.69. The van der Waals surface area contributed by atoms with Crippen LogP contribution in [0, 0.1) is 0 Å². The zero-order valence-electron chi connectivity index (χ0n) is 11.5. The first-order valence-electron chi connectivity index (χ1n) is 7.12. The van der Waals surface area contributed by atoms with Crippen molar-refractivity contribution in [3.05, 3.63) is 28.2 Å². The summed E-state index contributed by atoms with van der Waals surface area (Å²) >= 11 is 3.47. The quantitative estimate of drug-likeness (QED) is 0.843. The van der Waals surface area contributed by atoms with Gasteiger partial charge in [-0.2, -0.15) is 0 Å². The van der Waals surface area contributed by atoms with Crippen LogP contribution in [0.25, 0.3) is 0 Å². The molecule has 1 unspecified atom stereocenters. The molecule has 4 heteroatoms. The van der Waals surface area contributed by atoms with E-state index in [1.807, 2.05) is 12.1 Å². The molecule has 1 aromatic carbocycles. The zero-order valence-corrected chi connectivity index (χ0v) is 13.1. The summed E-state index contributed by atoms with van der Waals surface area (Å²) in [6.45, 7) is 6.31. The molecule has 1 aliphatic heterocycles. The Hall–Kier alpha value is -0.580. The van der Waals surface area contributed by atoms with Crippen molar-refractivity contribution in [3.8, 4) is 5.75 Å². The molecule has 0 radical (unpaired) electrons. The predicted octanol–water partition coefficient (Wildman–Crippen LogP) is 3.12. The third-order valence-electron chi connectivity index (χ3n) is 3.62. The number of rotatable bonds is 6. The molecular formula is C15H23BrN2O. The lowest BCUT2D eigenvalue weighted by molar-refractivity contribution is 0.238. The van der Waals surface area contributed by atoms with Gasteiger partial charge < -0.3 is 10.4 Å². The molecule has 1 heterocycles.